The molecule has 0 aliphatic carbocycles. The molecule has 0 aromatic heterocycles. The van der Waals surface area contributed by atoms with Gasteiger partial charge < -0.3 is 21.7 Å². The van der Waals surface area contributed by atoms with Crippen LogP contribution in [0.15, 0.2) is 12.1 Å². The molecule has 0 aliphatic heterocycles. The van der Waals surface area contributed by atoms with Gasteiger partial charge in [-0.2, -0.15) is 0 Å². The van der Waals surface area contributed by atoms with Crippen LogP contribution in [0.4, 0.5) is 11.4 Å². The van der Waals surface area contributed by atoms with Crippen LogP contribution in [0.1, 0.15) is 24.2 Å². The summed E-state index contributed by atoms with van der Waals surface area (Å²) in [6, 6.07) is 2.38. The zero-order chi connectivity index (χ0) is 15.4. The number of amides is 2. The van der Waals surface area contributed by atoms with E-state index in [0.717, 1.165) is 0 Å². The third kappa shape index (κ3) is 3.54. The van der Waals surface area contributed by atoms with Gasteiger partial charge in [0.15, 0.2) is 0 Å². The summed E-state index contributed by atoms with van der Waals surface area (Å²) in [6.45, 7) is 4.14. The minimum Gasteiger partial charge on any atom is -0.399 e. The van der Waals surface area contributed by atoms with E-state index in [-0.39, 0.29) is 16.5 Å². The van der Waals surface area contributed by atoms with Crippen molar-refractivity contribution in [3.05, 3.63) is 22.7 Å². The highest BCUT2D eigenvalue weighted by Crippen LogP contribution is 2.29. The summed E-state index contributed by atoms with van der Waals surface area (Å²) in [5, 5.41) is 3.17. The molecule has 0 heterocycles. The summed E-state index contributed by atoms with van der Waals surface area (Å²) in [4.78, 5) is 25.0. The minimum atomic E-state index is -0.662. The number of rotatable bonds is 5. The fourth-order valence-corrected chi connectivity index (χ4v) is 2.02. The van der Waals surface area contributed by atoms with Gasteiger partial charge in [-0.1, -0.05) is 11.6 Å². The fraction of sp³-hybridized carbons (Fsp3) is 0.385. The second-order valence-electron chi connectivity index (χ2n) is 4.51. The Morgan fingerprint density at radius 3 is 2.55 bits per heavy atom. The molecule has 110 valence electrons. The SMILES string of the molecule is CCN(C)C(=O)C(C)Nc1c(Cl)cc(N)cc1C(N)=O. The van der Waals surface area contributed by atoms with Crippen LogP contribution in [0, 0.1) is 0 Å². The van der Waals surface area contributed by atoms with Crippen molar-refractivity contribution in [3.63, 3.8) is 0 Å². The van der Waals surface area contributed by atoms with Gasteiger partial charge in [-0.05, 0) is 26.0 Å². The highest BCUT2D eigenvalue weighted by Gasteiger charge is 2.20. The number of carbonyl (C=O) groups excluding carboxylic acids is 2. The predicted molar refractivity (Wildman–Crippen MR) is 80.8 cm³/mol. The normalized spacial score (nSPS) is 11.8. The largest absolute Gasteiger partial charge is 0.399 e. The number of nitrogen functional groups attached to an aromatic ring is 1. The summed E-state index contributed by atoms with van der Waals surface area (Å²) in [5.41, 5.74) is 11.7. The molecule has 0 spiro atoms. The number of halogens is 1. The molecule has 7 heteroatoms. The zero-order valence-electron chi connectivity index (χ0n) is 11.7. The maximum Gasteiger partial charge on any atom is 0.250 e. The maximum atomic E-state index is 12.0. The molecule has 1 aromatic carbocycles. The quantitative estimate of drug-likeness (QED) is 0.713. The molecule has 20 heavy (non-hydrogen) atoms. The smallest absolute Gasteiger partial charge is 0.250 e. The fourth-order valence-electron chi connectivity index (χ4n) is 1.73. The van der Waals surface area contributed by atoms with Gasteiger partial charge in [-0.25, -0.2) is 0 Å². The lowest BCUT2D eigenvalue weighted by Gasteiger charge is -2.23. The Labute approximate surface area is 123 Å². The third-order valence-corrected chi connectivity index (χ3v) is 3.26. The molecule has 1 aromatic rings. The molecule has 0 aliphatic rings. The van der Waals surface area contributed by atoms with Crippen molar-refractivity contribution in [1.82, 2.24) is 4.90 Å². The Morgan fingerprint density at radius 2 is 2.05 bits per heavy atom. The van der Waals surface area contributed by atoms with Crippen LogP contribution in [-0.2, 0) is 4.79 Å². The maximum absolute atomic E-state index is 12.0. The first-order valence-corrected chi connectivity index (χ1v) is 6.56. The van der Waals surface area contributed by atoms with Gasteiger partial charge in [0.2, 0.25) is 5.91 Å². The second kappa shape index (κ2) is 6.47. The van der Waals surface area contributed by atoms with E-state index in [1.54, 1.807) is 18.9 Å². The first-order valence-electron chi connectivity index (χ1n) is 6.18. The first kappa shape index (κ1) is 16.1. The van der Waals surface area contributed by atoms with Crippen LogP contribution in [0.5, 0.6) is 0 Å². The van der Waals surface area contributed by atoms with Crippen LogP contribution in [0.2, 0.25) is 5.02 Å². The molecule has 1 rings (SSSR count). The number of nitrogens with one attached hydrogen (secondary N) is 1. The van der Waals surface area contributed by atoms with E-state index in [9.17, 15) is 9.59 Å². The molecule has 0 bridgehead atoms. The van der Waals surface area contributed by atoms with Crippen molar-refractivity contribution in [1.29, 1.82) is 0 Å². The van der Waals surface area contributed by atoms with Gasteiger partial charge in [0.25, 0.3) is 5.91 Å². The van der Waals surface area contributed by atoms with E-state index in [1.807, 2.05) is 6.92 Å². The van der Waals surface area contributed by atoms with Gasteiger partial charge in [0.1, 0.15) is 6.04 Å². The lowest BCUT2D eigenvalue weighted by molar-refractivity contribution is -0.130. The number of nitrogens with two attached hydrogens (primary N) is 2. The van der Waals surface area contributed by atoms with Crippen LogP contribution >= 0.6 is 11.6 Å². The lowest BCUT2D eigenvalue weighted by Crippen LogP contribution is -2.39. The lowest BCUT2D eigenvalue weighted by atomic mass is 10.1. The van der Waals surface area contributed by atoms with Gasteiger partial charge in [-0.15, -0.1) is 0 Å². The molecule has 1 unspecified atom stereocenters. The van der Waals surface area contributed by atoms with Gasteiger partial charge >= 0.3 is 0 Å². The van der Waals surface area contributed by atoms with Gasteiger partial charge in [-0.3, -0.25) is 9.59 Å². The Bertz CT molecular complexity index is 533. The second-order valence-corrected chi connectivity index (χ2v) is 4.92. The average Bonchev–Trinajstić information content (AvgIpc) is 2.39. The van der Waals surface area contributed by atoms with E-state index in [4.69, 9.17) is 23.1 Å². The van der Waals surface area contributed by atoms with E-state index >= 15 is 0 Å². The molecule has 0 fully saturated rings. The number of hydrogen-bond donors (Lipinski definition) is 3. The topological polar surface area (TPSA) is 101 Å². The Morgan fingerprint density at radius 1 is 1.45 bits per heavy atom. The first-order chi connectivity index (χ1) is 9.27. The number of carbonyl (C=O) groups is 2. The van der Waals surface area contributed by atoms with Crippen molar-refractivity contribution < 1.29 is 9.59 Å². The highest BCUT2D eigenvalue weighted by atomic mass is 35.5. The van der Waals surface area contributed by atoms with E-state index in [2.05, 4.69) is 5.32 Å². The van der Waals surface area contributed by atoms with Crippen molar-refractivity contribution in [3.8, 4) is 0 Å². The van der Waals surface area contributed by atoms with E-state index < -0.39 is 11.9 Å². The zero-order valence-corrected chi connectivity index (χ0v) is 12.5. The van der Waals surface area contributed by atoms with E-state index in [1.165, 1.54) is 12.1 Å². The van der Waals surface area contributed by atoms with Crippen molar-refractivity contribution in [2.45, 2.75) is 19.9 Å². The van der Waals surface area contributed by atoms with Crippen LogP contribution in [-0.4, -0.2) is 36.3 Å². The predicted octanol–water partition coefficient (Wildman–Crippen LogP) is 1.30. The molecule has 5 N–H and O–H groups in total. The molecule has 1 atom stereocenters. The number of benzene rings is 1. The monoisotopic (exact) mass is 298 g/mol. The Balaban J connectivity index is 3.09. The van der Waals surface area contributed by atoms with Gasteiger partial charge in [0, 0.05) is 19.3 Å². The van der Waals surface area contributed by atoms with Crippen LogP contribution in [0.3, 0.4) is 0 Å². The van der Waals surface area contributed by atoms with Gasteiger partial charge in [0.05, 0.1) is 16.3 Å². The summed E-state index contributed by atoms with van der Waals surface area (Å²) in [6.07, 6.45) is 0. The number of likely N-dealkylation sites (N-methyl/N-ethyl adjacent to an activating group) is 1. The molecular formula is C13H19ClN4O2. The molecule has 6 nitrogen and oxygen atoms in total. The number of hydrogen-bond acceptors (Lipinski definition) is 4. The Kier molecular flexibility index (Phi) is 5.21. The average molecular weight is 299 g/mol. The molecule has 0 saturated heterocycles. The summed E-state index contributed by atoms with van der Waals surface area (Å²) in [5.74, 6) is -0.777. The summed E-state index contributed by atoms with van der Waals surface area (Å²) >= 11 is 6.07. The molecule has 0 saturated carbocycles. The number of anilines is 2. The standard InChI is InChI=1S/C13H19ClN4O2/c1-4-18(3)13(20)7(2)17-11-9(12(16)19)5-8(15)6-10(11)14/h5-7,17H,4,15H2,1-3H3,(H2,16,19). The molecule has 0 radical (unpaired) electrons. The Hall–Kier alpha value is -1.95. The summed E-state index contributed by atoms with van der Waals surface area (Å²) < 4.78 is 0. The number of primary amides is 1. The van der Waals surface area contributed by atoms with Crippen LogP contribution in [0.25, 0.3) is 0 Å². The molecule has 2 amide bonds. The van der Waals surface area contributed by atoms with Crippen molar-refractivity contribution in [2.24, 2.45) is 5.73 Å². The minimum absolute atomic E-state index is 0.115. The van der Waals surface area contributed by atoms with Crippen molar-refractivity contribution >= 4 is 34.8 Å². The highest BCUT2D eigenvalue weighted by molar-refractivity contribution is 6.34. The van der Waals surface area contributed by atoms with E-state index in [0.29, 0.717) is 17.9 Å². The third-order valence-electron chi connectivity index (χ3n) is 2.96. The summed E-state index contributed by atoms with van der Waals surface area (Å²) in [7, 11) is 1.69. The van der Waals surface area contributed by atoms with Crippen molar-refractivity contribution in [2.75, 3.05) is 24.6 Å². The number of nitrogens with zero attached hydrogens (tertiary/aromatic N) is 1. The van der Waals surface area contributed by atoms with Crippen LogP contribution < -0.4 is 16.8 Å². The molecular weight excluding hydrogens is 280 g/mol.